The Labute approximate surface area is 270 Å². The molecule has 0 heterocycles. The lowest BCUT2D eigenvalue weighted by molar-refractivity contribution is 1.07. The molecule has 0 aliphatic heterocycles. The van der Waals surface area contributed by atoms with E-state index in [0.717, 1.165) is 11.1 Å². The second kappa shape index (κ2) is 13.9. The van der Waals surface area contributed by atoms with Gasteiger partial charge in [-0.3, -0.25) is 5.41 Å². The fourth-order valence-corrected chi connectivity index (χ4v) is 5.90. The SMILES string of the molecule is Cc1ccccc1.N=C(N)c1ccc(-c2cc(-c3ccccc3)c3ccc4cccc5ccc2c3c45)cc1.NCc1ccccc1. The molecule has 0 atom stereocenters. The van der Waals surface area contributed by atoms with E-state index in [1.165, 1.54) is 60.1 Å². The number of nitrogen functional groups attached to an aromatic ring is 1. The molecule has 0 aliphatic rings. The van der Waals surface area contributed by atoms with Crippen LogP contribution in [0.5, 0.6) is 0 Å². The Bertz CT molecular complexity index is 2170. The van der Waals surface area contributed by atoms with Crippen LogP contribution in [0.25, 0.3) is 54.6 Å². The van der Waals surface area contributed by atoms with Gasteiger partial charge in [0.25, 0.3) is 0 Å². The Morgan fingerprint density at radius 2 is 1.02 bits per heavy atom. The molecule has 0 aliphatic carbocycles. The predicted molar refractivity (Wildman–Crippen MR) is 198 cm³/mol. The van der Waals surface area contributed by atoms with E-state index >= 15 is 0 Å². The molecule has 0 saturated carbocycles. The molecule has 3 heteroatoms. The third-order valence-corrected chi connectivity index (χ3v) is 8.26. The second-order valence-corrected chi connectivity index (χ2v) is 11.4. The van der Waals surface area contributed by atoms with Crippen LogP contribution in [0.2, 0.25) is 0 Å². The summed E-state index contributed by atoms with van der Waals surface area (Å²) in [5.41, 5.74) is 19.0. The molecule has 8 aromatic carbocycles. The highest BCUT2D eigenvalue weighted by molar-refractivity contribution is 6.28. The molecule has 0 aromatic heterocycles. The van der Waals surface area contributed by atoms with Crippen molar-refractivity contribution in [3.05, 3.63) is 180 Å². The van der Waals surface area contributed by atoms with Gasteiger partial charge in [0.15, 0.2) is 0 Å². The number of nitrogens with one attached hydrogen (secondary N) is 1. The average Bonchev–Trinajstić information content (AvgIpc) is 3.12. The lowest BCUT2D eigenvalue weighted by atomic mass is 9.85. The van der Waals surface area contributed by atoms with Crippen LogP contribution < -0.4 is 11.5 Å². The molecule has 0 unspecified atom stereocenters. The average molecular weight is 596 g/mol. The second-order valence-electron chi connectivity index (χ2n) is 11.4. The highest BCUT2D eigenvalue weighted by Crippen LogP contribution is 2.43. The molecule has 46 heavy (non-hydrogen) atoms. The summed E-state index contributed by atoms with van der Waals surface area (Å²) in [5, 5.41) is 15.4. The summed E-state index contributed by atoms with van der Waals surface area (Å²) in [6.07, 6.45) is 0. The van der Waals surface area contributed by atoms with Crippen LogP contribution in [0.4, 0.5) is 0 Å². The van der Waals surface area contributed by atoms with E-state index in [1.807, 2.05) is 60.7 Å². The number of benzene rings is 8. The van der Waals surface area contributed by atoms with Crippen molar-refractivity contribution in [1.82, 2.24) is 0 Å². The first-order valence-electron chi connectivity index (χ1n) is 15.5. The van der Waals surface area contributed by atoms with Gasteiger partial charge in [-0.05, 0) is 73.1 Å². The van der Waals surface area contributed by atoms with Crippen molar-refractivity contribution in [3.8, 4) is 22.3 Å². The molecule has 0 bridgehead atoms. The van der Waals surface area contributed by atoms with Crippen LogP contribution in [0, 0.1) is 12.3 Å². The molecule has 5 N–H and O–H groups in total. The predicted octanol–water partition coefficient (Wildman–Crippen LogP) is 10.3. The molecule has 0 fully saturated rings. The third-order valence-electron chi connectivity index (χ3n) is 8.26. The molecule has 0 spiro atoms. The number of nitrogens with two attached hydrogens (primary N) is 2. The molecule has 224 valence electrons. The Morgan fingerprint density at radius 1 is 0.522 bits per heavy atom. The number of rotatable bonds is 4. The van der Waals surface area contributed by atoms with Crippen LogP contribution in [0.1, 0.15) is 16.7 Å². The maximum atomic E-state index is 7.71. The van der Waals surface area contributed by atoms with Crippen molar-refractivity contribution in [2.24, 2.45) is 11.5 Å². The molecular weight excluding hydrogens is 558 g/mol. The standard InChI is InChI=1S/C29H20N2.C7H9N.C7H8/c30-29(31)22-11-9-19(10-12-22)26-17-25(18-5-2-1-3-6-18)23-15-13-20-7-4-8-21-14-16-24(26)28(23)27(20)21;8-6-7-4-2-1-3-5-7;1-7-5-3-2-4-6-7/h1-17H,(H3,30,31);1-5H,6,8H2;2-6H,1H3. The van der Waals surface area contributed by atoms with E-state index in [1.54, 1.807) is 0 Å². The molecule has 0 saturated heterocycles. The first kappa shape index (κ1) is 30.3. The van der Waals surface area contributed by atoms with Crippen molar-refractivity contribution in [2.75, 3.05) is 0 Å². The highest BCUT2D eigenvalue weighted by Gasteiger charge is 2.16. The lowest BCUT2D eigenvalue weighted by Crippen LogP contribution is -2.10. The monoisotopic (exact) mass is 595 g/mol. The van der Waals surface area contributed by atoms with Crippen molar-refractivity contribution in [3.63, 3.8) is 0 Å². The molecule has 8 rings (SSSR count). The zero-order valence-electron chi connectivity index (χ0n) is 26.0. The summed E-state index contributed by atoms with van der Waals surface area (Å²) >= 11 is 0. The van der Waals surface area contributed by atoms with Gasteiger partial charge < -0.3 is 11.5 Å². The van der Waals surface area contributed by atoms with Crippen LogP contribution in [0.3, 0.4) is 0 Å². The largest absolute Gasteiger partial charge is 0.384 e. The first-order valence-corrected chi connectivity index (χ1v) is 15.5. The van der Waals surface area contributed by atoms with Gasteiger partial charge in [0.1, 0.15) is 5.84 Å². The normalized spacial score (nSPS) is 10.7. The zero-order chi connectivity index (χ0) is 31.9. The van der Waals surface area contributed by atoms with Gasteiger partial charge >= 0.3 is 0 Å². The Morgan fingerprint density at radius 3 is 1.48 bits per heavy atom. The van der Waals surface area contributed by atoms with Crippen LogP contribution in [-0.4, -0.2) is 5.84 Å². The number of aryl methyl sites for hydroxylation is 1. The van der Waals surface area contributed by atoms with Gasteiger partial charge in [-0.2, -0.15) is 0 Å². The van der Waals surface area contributed by atoms with E-state index < -0.39 is 0 Å². The quantitative estimate of drug-likeness (QED) is 0.108. The highest BCUT2D eigenvalue weighted by atomic mass is 14.7. The van der Waals surface area contributed by atoms with Crippen molar-refractivity contribution in [2.45, 2.75) is 13.5 Å². The van der Waals surface area contributed by atoms with Crippen molar-refractivity contribution < 1.29 is 0 Å². The first-order chi connectivity index (χ1) is 22.5. The molecule has 3 nitrogen and oxygen atoms in total. The number of hydrogen-bond donors (Lipinski definition) is 3. The number of hydrogen-bond acceptors (Lipinski definition) is 2. The van der Waals surface area contributed by atoms with Crippen LogP contribution in [-0.2, 0) is 6.54 Å². The number of amidine groups is 1. The van der Waals surface area contributed by atoms with Crippen LogP contribution >= 0.6 is 0 Å². The molecular formula is C43H37N3. The summed E-state index contributed by atoms with van der Waals surface area (Å²) in [6.45, 7) is 2.72. The zero-order valence-corrected chi connectivity index (χ0v) is 26.0. The lowest BCUT2D eigenvalue weighted by Gasteiger charge is -2.18. The van der Waals surface area contributed by atoms with E-state index in [0.29, 0.717) is 6.54 Å². The Hall–Kier alpha value is -5.77. The summed E-state index contributed by atoms with van der Waals surface area (Å²) in [5.74, 6) is 0.0897. The van der Waals surface area contributed by atoms with Gasteiger partial charge in [0.2, 0.25) is 0 Å². The van der Waals surface area contributed by atoms with Gasteiger partial charge in [-0.1, -0.05) is 163 Å². The third kappa shape index (κ3) is 6.51. The Balaban J connectivity index is 0.000000203. The van der Waals surface area contributed by atoms with Crippen molar-refractivity contribution in [1.29, 1.82) is 5.41 Å². The molecule has 0 radical (unpaired) electrons. The van der Waals surface area contributed by atoms with E-state index in [-0.39, 0.29) is 5.84 Å². The molecule has 8 aromatic rings. The van der Waals surface area contributed by atoms with Crippen molar-refractivity contribution >= 4 is 38.2 Å². The smallest absolute Gasteiger partial charge is 0.122 e. The van der Waals surface area contributed by atoms with Gasteiger partial charge in [0.05, 0.1) is 0 Å². The van der Waals surface area contributed by atoms with Gasteiger partial charge in [-0.15, -0.1) is 0 Å². The minimum atomic E-state index is 0.0897. The summed E-state index contributed by atoms with van der Waals surface area (Å²) in [6, 6.07) is 56.6. The summed E-state index contributed by atoms with van der Waals surface area (Å²) in [7, 11) is 0. The summed E-state index contributed by atoms with van der Waals surface area (Å²) in [4.78, 5) is 0. The van der Waals surface area contributed by atoms with Gasteiger partial charge in [0, 0.05) is 12.1 Å². The van der Waals surface area contributed by atoms with Gasteiger partial charge in [-0.25, -0.2) is 0 Å². The van der Waals surface area contributed by atoms with E-state index in [4.69, 9.17) is 16.9 Å². The minimum Gasteiger partial charge on any atom is -0.384 e. The fourth-order valence-electron chi connectivity index (χ4n) is 5.90. The topological polar surface area (TPSA) is 75.9 Å². The minimum absolute atomic E-state index is 0.0897. The fraction of sp³-hybridized carbons (Fsp3) is 0.0465. The van der Waals surface area contributed by atoms with E-state index in [9.17, 15) is 0 Å². The van der Waals surface area contributed by atoms with E-state index in [2.05, 4.69) is 110 Å². The van der Waals surface area contributed by atoms with Crippen LogP contribution in [0.15, 0.2) is 164 Å². The maximum absolute atomic E-state index is 7.71. The summed E-state index contributed by atoms with van der Waals surface area (Å²) < 4.78 is 0. The Kier molecular flexibility index (Phi) is 9.14. The molecule has 0 amide bonds. The maximum Gasteiger partial charge on any atom is 0.122 e.